The molecule has 2 N–H and O–H groups in total. The Hall–Kier alpha value is -0.400. The van der Waals surface area contributed by atoms with Gasteiger partial charge in [0.15, 0.2) is 0 Å². The van der Waals surface area contributed by atoms with Crippen molar-refractivity contribution in [2.75, 3.05) is 26.2 Å². The molecule has 3 nitrogen and oxygen atoms in total. The van der Waals surface area contributed by atoms with Crippen LogP contribution in [-0.2, 0) is 0 Å². The van der Waals surface area contributed by atoms with Crippen LogP contribution in [0.1, 0.15) is 24.4 Å². The number of para-hydroxylation sites is 1. The number of nitrogens with one attached hydrogen (secondary N) is 1. The molecule has 1 atom stereocenters. The molecule has 23 heavy (non-hydrogen) atoms. The summed E-state index contributed by atoms with van der Waals surface area (Å²) in [6, 6.07) is 4.34. The average molecular weight is 396 g/mol. The zero-order valence-electron chi connectivity index (χ0n) is 12.3. The Morgan fingerprint density at radius 3 is 2.39 bits per heavy atom. The first-order valence-electron chi connectivity index (χ1n) is 6.87. The normalized spacial score (nSPS) is 17.0. The van der Waals surface area contributed by atoms with Crippen LogP contribution >= 0.6 is 36.4 Å². The summed E-state index contributed by atoms with van der Waals surface area (Å²) in [6.07, 6.45) is -5.18. The third kappa shape index (κ3) is 6.55. The Morgan fingerprint density at radius 1 is 1.22 bits per heavy atom. The van der Waals surface area contributed by atoms with Crippen LogP contribution in [0.2, 0.25) is 5.02 Å². The van der Waals surface area contributed by atoms with Crippen LogP contribution in [0.4, 0.5) is 13.2 Å². The molecule has 0 saturated carbocycles. The van der Waals surface area contributed by atoms with Crippen LogP contribution in [0, 0.1) is 0 Å². The van der Waals surface area contributed by atoms with E-state index in [-0.39, 0.29) is 42.0 Å². The molecular weight excluding hydrogens is 376 g/mol. The predicted octanol–water partition coefficient (Wildman–Crippen LogP) is 4.18. The largest absolute Gasteiger partial charge is 0.506 e. The van der Waals surface area contributed by atoms with E-state index in [9.17, 15) is 18.3 Å². The molecule has 0 radical (unpaired) electrons. The second-order valence-corrected chi connectivity index (χ2v) is 5.54. The highest BCUT2D eigenvalue weighted by Gasteiger charge is 2.32. The lowest BCUT2D eigenvalue weighted by atomic mass is 9.98. The van der Waals surface area contributed by atoms with Gasteiger partial charge in [0.1, 0.15) is 5.75 Å². The third-order valence-electron chi connectivity index (χ3n) is 3.67. The number of hydrogen-bond donors (Lipinski definition) is 2. The second kappa shape index (κ2) is 9.79. The van der Waals surface area contributed by atoms with E-state index in [1.165, 1.54) is 6.07 Å². The minimum Gasteiger partial charge on any atom is -0.506 e. The Morgan fingerprint density at radius 2 is 1.83 bits per heavy atom. The van der Waals surface area contributed by atoms with Crippen LogP contribution in [0.15, 0.2) is 18.2 Å². The van der Waals surface area contributed by atoms with Crippen molar-refractivity contribution in [3.63, 3.8) is 0 Å². The van der Waals surface area contributed by atoms with Gasteiger partial charge in [0.2, 0.25) is 0 Å². The van der Waals surface area contributed by atoms with Gasteiger partial charge in [-0.05, 0) is 12.5 Å². The Labute approximate surface area is 151 Å². The summed E-state index contributed by atoms with van der Waals surface area (Å²) < 4.78 is 37.7. The van der Waals surface area contributed by atoms with Crippen LogP contribution in [-0.4, -0.2) is 42.4 Å². The van der Waals surface area contributed by atoms with Crippen molar-refractivity contribution in [2.45, 2.75) is 25.1 Å². The van der Waals surface area contributed by atoms with E-state index in [1.807, 2.05) is 4.90 Å². The molecule has 0 bridgehead atoms. The third-order valence-corrected chi connectivity index (χ3v) is 3.98. The molecule has 0 unspecified atom stereocenters. The lowest BCUT2D eigenvalue weighted by molar-refractivity contribution is -0.138. The van der Waals surface area contributed by atoms with E-state index >= 15 is 0 Å². The number of piperazine rings is 1. The first kappa shape index (κ1) is 22.6. The first-order valence-corrected chi connectivity index (χ1v) is 7.25. The minimum absolute atomic E-state index is 0. The maximum Gasteiger partial charge on any atom is 0.389 e. The monoisotopic (exact) mass is 394 g/mol. The molecule has 1 aliphatic rings. The maximum absolute atomic E-state index is 12.6. The van der Waals surface area contributed by atoms with Gasteiger partial charge in [0.25, 0.3) is 0 Å². The Balaban J connectivity index is 0.00000242. The molecule has 2 rings (SSSR count). The van der Waals surface area contributed by atoms with Gasteiger partial charge in [0.05, 0.1) is 5.02 Å². The van der Waals surface area contributed by atoms with E-state index in [2.05, 4.69) is 5.32 Å². The van der Waals surface area contributed by atoms with Gasteiger partial charge in [-0.2, -0.15) is 13.2 Å². The van der Waals surface area contributed by atoms with Crippen molar-refractivity contribution in [3.8, 4) is 5.75 Å². The second-order valence-electron chi connectivity index (χ2n) is 5.13. The highest BCUT2D eigenvalue weighted by molar-refractivity contribution is 6.32. The quantitative estimate of drug-likeness (QED) is 0.803. The fourth-order valence-electron chi connectivity index (χ4n) is 2.63. The van der Waals surface area contributed by atoms with Crippen molar-refractivity contribution in [3.05, 3.63) is 28.8 Å². The van der Waals surface area contributed by atoms with Gasteiger partial charge in [-0.25, -0.2) is 0 Å². The maximum atomic E-state index is 12.6. The molecule has 0 amide bonds. The van der Waals surface area contributed by atoms with E-state index < -0.39 is 18.6 Å². The zero-order valence-corrected chi connectivity index (χ0v) is 14.7. The molecule has 9 heteroatoms. The van der Waals surface area contributed by atoms with Crippen molar-refractivity contribution >= 4 is 36.4 Å². The molecule has 1 fully saturated rings. The van der Waals surface area contributed by atoms with E-state index in [0.29, 0.717) is 18.7 Å². The summed E-state index contributed by atoms with van der Waals surface area (Å²) in [5.74, 6) is -0.120. The van der Waals surface area contributed by atoms with Crippen LogP contribution in [0.3, 0.4) is 0 Å². The van der Waals surface area contributed by atoms with Crippen molar-refractivity contribution in [1.29, 1.82) is 0 Å². The molecule has 1 saturated heterocycles. The highest BCUT2D eigenvalue weighted by atomic mass is 35.5. The van der Waals surface area contributed by atoms with E-state index in [4.69, 9.17) is 11.6 Å². The van der Waals surface area contributed by atoms with Gasteiger partial charge in [-0.3, -0.25) is 4.90 Å². The summed E-state index contributed by atoms with van der Waals surface area (Å²) >= 11 is 5.88. The van der Waals surface area contributed by atoms with Gasteiger partial charge >= 0.3 is 6.18 Å². The minimum atomic E-state index is -4.21. The topological polar surface area (TPSA) is 35.5 Å². The molecule has 1 aromatic rings. The van der Waals surface area contributed by atoms with Crippen LogP contribution < -0.4 is 5.32 Å². The fraction of sp³-hybridized carbons (Fsp3) is 0.571. The van der Waals surface area contributed by atoms with Gasteiger partial charge in [-0.1, -0.05) is 23.7 Å². The number of phenolic OH excluding ortho intramolecular Hbond substituents is 1. The molecule has 0 spiro atoms. The molecule has 0 aromatic heterocycles. The molecule has 1 aromatic carbocycles. The number of hydrogen-bond acceptors (Lipinski definition) is 3. The van der Waals surface area contributed by atoms with E-state index in [0.717, 1.165) is 13.1 Å². The summed E-state index contributed by atoms with van der Waals surface area (Å²) in [6.45, 7) is 2.75. The number of alkyl halides is 3. The van der Waals surface area contributed by atoms with Crippen LogP contribution in [0.5, 0.6) is 5.75 Å². The fourth-order valence-corrected chi connectivity index (χ4v) is 2.81. The summed E-state index contributed by atoms with van der Waals surface area (Å²) in [7, 11) is 0. The van der Waals surface area contributed by atoms with E-state index in [1.54, 1.807) is 12.1 Å². The van der Waals surface area contributed by atoms with Crippen LogP contribution in [0.25, 0.3) is 0 Å². The lowest BCUT2D eigenvalue weighted by Gasteiger charge is -2.35. The standard InChI is InChI=1S/C14H18ClF3N2O.2ClH/c15-11-3-1-2-10(13(11)21)12(4-5-14(16,17)18)20-8-6-19-7-9-20;;/h1-3,12,19,21H,4-9H2;2*1H/t12-;;/m1../s1. The lowest BCUT2D eigenvalue weighted by Crippen LogP contribution is -2.45. The number of aromatic hydroxyl groups is 1. The molecular formula is C14H20Cl3F3N2O. The number of nitrogens with zero attached hydrogens (tertiary/aromatic N) is 1. The SMILES string of the molecule is Cl.Cl.Oc1c(Cl)cccc1[C@@H](CCC(F)(F)F)N1CCNCC1. The number of halogens is 6. The zero-order chi connectivity index (χ0) is 15.5. The first-order chi connectivity index (χ1) is 9.88. The predicted molar refractivity (Wildman–Crippen MR) is 90.1 cm³/mol. The average Bonchev–Trinajstić information content (AvgIpc) is 2.43. The summed E-state index contributed by atoms with van der Waals surface area (Å²) in [5.41, 5.74) is 0.466. The Bertz CT molecular complexity index is 483. The molecule has 1 heterocycles. The summed E-state index contributed by atoms with van der Waals surface area (Å²) in [4.78, 5) is 1.97. The summed E-state index contributed by atoms with van der Waals surface area (Å²) in [5, 5.41) is 13.4. The van der Waals surface area contributed by atoms with Crippen molar-refractivity contribution < 1.29 is 18.3 Å². The number of benzene rings is 1. The smallest absolute Gasteiger partial charge is 0.389 e. The molecule has 1 aliphatic heterocycles. The van der Waals surface area contributed by atoms with Crippen molar-refractivity contribution in [1.82, 2.24) is 10.2 Å². The van der Waals surface area contributed by atoms with Crippen molar-refractivity contribution in [2.24, 2.45) is 0 Å². The van der Waals surface area contributed by atoms with Gasteiger partial charge in [-0.15, -0.1) is 24.8 Å². The molecule has 0 aliphatic carbocycles. The number of phenols is 1. The Kier molecular flexibility index (Phi) is 9.62. The highest BCUT2D eigenvalue weighted by Crippen LogP contribution is 2.38. The number of rotatable bonds is 4. The molecule has 134 valence electrons. The van der Waals surface area contributed by atoms with Gasteiger partial charge < -0.3 is 10.4 Å². The van der Waals surface area contributed by atoms with Gasteiger partial charge in [0, 0.05) is 44.2 Å².